The van der Waals surface area contributed by atoms with Crippen LogP contribution in [0.25, 0.3) is 5.69 Å². The molecular formula is C15H10N4O4. The molecule has 114 valence electrons. The highest BCUT2D eigenvalue weighted by molar-refractivity contribution is 6.23. The van der Waals surface area contributed by atoms with E-state index in [0.717, 1.165) is 16.2 Å². The first-order valence-corrected chi connectivity index (χ1v) is 6.80. The van der Waals surface area contributed by atoms with E-state index in [1.54, 1.807) is 18.2 Å². The summed E-state index contributed by atoms with van der Waals surface area (Å²) in [6, 6.07) is 6.08. The number of carbonyl (C=O) groups excluding carboxylic acids is 3. The molecule has 1 aromatic heterocycles. The summed E-state index contributed by atoms with van der Waals surface area (Å²) in [4.78, 5) is 48.0. The number of hydrogen-bond acceptors (Lipinski definition) is 5. The molecular weight excluding hydrogens is 300 g/mol. The second-order valence-corrected chi connectivity index (χ2v) is 5.27. The van der Waals surface area contributed by atoms with Crippen LogP contribution in [0.1, 0.15) is 36.6 Å². The molecule has 1 aromatic carbocycles. The number of anilines is 1. The van der Waals surface area contributed by atoms with Gasteiger partial charge >= 0.3 is 0 Å². The quantitative estimate of drug-likeness (QED) is 0.615. The molecule has 4 N–H and O–H groups in total. The number of aromatic nitrogens is 1. The molecule has 0 saturated heterocycles. The highest BCUT2D eigenvalue weighted by Gasteiger charge is 2.33. The molecule has 2 aliphatic rings. The highest BCUT2D eigenvalue weighted by atomic mass is 16.2. The van der Waals surface area contributed by atoms with Crippen molar-refractivity contribution in [1.29, 1.82) is 0 Å². The Morgan fingerprint density at radius 2 is 1.78 bits per heavy atom. The Morgan fingerprint density at radius 3 is 2.57 bits per heavy atom. The van der Waals surface area contributed by atoms with Gasteiger partial charge in [-0.1, -0.05) is 12.1 Å². The molecule has 3 amide bonds. The van der Waals surface area contributed by atoms with E-state index in [2.05, 4.69) is 10.6 Å². The maximum absolute atomic E-state index is 12.4. The Kier molecular flexibility index (Phi) is 2.47. The third kappa shape index (κ3) is 1.65. The van der Waals surface area contributed by atoms with E-state index in [0.29, 0.717) is 12.1 Å². The van der Waals surface area contributed by atoms with Gasteiger partial charge in [-0.2, -0.15) is 0 Å². The van der Waals surface area contributed by atoms with Crippen LogP contribution in [0.15, 0.2) is 29.1 Å². The average Bonchev–Trinajstić information content (AvgIpc) is 3.01. The van der Waals surface area contributed by atoms with E-state index in [4.69, 9.17) is 5.73 Å². The maximum atomic E-state index is 12.4. The first-order valence-electron chi connectivity index (χ1n) is 6.80. The number of imide groups is 1. The number of nitrogens with zero attached hydrogens (tertiary/aromatic N) is 1. The fraction of sp³-hybridized carbons (Fsp3) is 0.0667. The minimum absolute atomic E-state index is 0.0502. The van der Waals surface area contributed by atoms with Gasteiger partial charge in [-0.3, -0.25) is 29.1 Å². The lowest BCUT2D eigenvalue weighted by atomic mass is 10.1. The van der Waals surface area contributed by atoms with Crippen LogP contribution < -0.4 is 21.9 Å². The van der Waals surface area contributed by atoms with Crippen molar-refractivity contribution < 1.29 is 14.4 Å². The van der Waals surface area contributed by atoms with E-state index < -0.39 is 17.4 Å². The van der Waals surface area contributed by atoms with Gasteiger partial charge in [0.05, 0.1) is 22.4 Å². The number of nitrogens with two attached hydrogens (primary N) is 1. The van der Waals surface area contributed by atoms with Crippen LogP contribution in [-0.4, -0.2) is 22.3 Å². The lowest BCUT2D eigenvalue weighted by Crippen LogP contribution is -2.26. The zero-order chi connectivity index (χ0) is 16.3. The summed E-state index contributed by atoms with van der Waals surface area (Å²) in [6.45, 7) is 0.362. The van der Waals surface area contributed by atoms with Crippen LogP contribution in [0.3, 0.4) is 0 Å². The third-order valence-electron chi connectivity index (χ3n) is 3.99. The summed E-state index contributed by atoms with van der Waals surface area (Å²) >= 11 is 0. The van der Waals surface area contributed by atoms with E-state index in [1.807, 2.05) is 0 Å². The number of fused-ring (bicyclic) bond motifs is 2. The molecule has 2 aliphatic heterocycles. The number of amides is 3. The predicted molar refractivity (Wildman–Crippen MR) is 79.4 cm³/mol. The molecule has 2 aromatic rings. The van der Waals surface area contributed by atoms with Gasteiger partial charge < -0.3 is 11.1 Å². The molecule has 0 spiro atoms. The van der Waals surface area contributed by atoms with Crippen molar-refractivity contribution in [3.63, 3.8) is 0 Å². The standard InChI is InChI=1S/C15H10N4O4/c16-12-11-7(13(21)18-15(11)23)4-9(20)19(12)8-3-1-2-6-5-17-14(22)10(6)8/h1-4H,5,16H2,(H,17,22)(H,18,21,23). The first kappa shape index (κ1) is 13.3. The summed E-state index contributed by atoms with van der Waals surface area (Å²) in [7, 11) is 0. The number of benzene rings is 1. The molecule has 8 nitrogen and oxygen atoms in total. The highest BCUT2D eigenvalue weighted by Crippen LogP contribution is 2.27. The minimum atomic E-state index is -0.659. The van der Waals surface area contributed by atoms with Crippen molar-refractivity contribution in [2.75, 3.05) is 5.73 Å². The SMILES string of the molecule is Nc1c2c(cc(=O)n1-c1cccc3c1C(=O)NC3)C(=O)NC2=O. The fourth-order valence-corrected chi connectivity index (χ4v) is 2.97. The van der Waals surface area contributed by atoms with Gasteiger partial charge in [0, 0.05) is 12.6 Å². The molecule has 0 saturated carbocycles. The van der Waals surface area contributed by atoms with Crippen molar-refractivity contribution in [2.24, 2.45) is 0 Å². The van der Waals surface area contributed by atoms with Crippen LogP contribution in [0.5, 0.6) is 0 Å². The van der Waals surface area contributed by atoms with Gasteiger partial charge in [-0.15, -0.1) is 0 Å². The Morgan fingerprint density at radius 1 is 1.00 bits per heavy atom. The van der Waals surface area contributed by atoms with Gasteiger partial charge in [-0.05, 0) is 11.6 Å². The zero-order valence-corrected chi connectivity index (χ0v) is 11.7. The molecule has 0 atom stereocenters. The lowest BCUT2D eigenvalue weighted by molar-refractivity contribution is 0.0878. The molecule has 0 bridgehead atoms. The van der Waals surface area contributed by atoms with Gasteiger partial charge in [0.25, 0.3) is 23.3 Å². The molecule has 4 rings (SSSR count). The maximum Gasteiger partial charge on any atom is 0.262 e. The van der Waals surface area contributed by atoms with Gasteiger partial charge in [0.15, 0.2) is 0 Å². The van der Waals surface area contributed by atoms with Crippen LogP contribution in [-0.2, 0) is 6.54 Å². The van der Waals surface area contributed by atoms with Crippen molar-refractivity contribution in [3.05, 3.63) is 56.9 Å². The molecule has 0 aliphatic carbocycles. The Hall–Kier alpha value is -3.42. The van der Waals surface area contributed by atoms with Crippen LogP contribution in [0, 0.1) is 0 Å². The van der Waals surface area contributed by atoms with Gasteiger partial charge in [-0.25, -0.2) is 0 Å². The second kappa shape index (κ2) is 4.29. The van der Waals surface area contributed by atoms with E-state index in [9.17, 15) is 19.2 Å². The smallest absolute Gasteiger partial charge is 0.262 e. The van der Waals surface area contributed by atoms with Crippen LogP contribution in [0.4, 0.5) is 5.82 Å². The second-order valence-electron chi connectivity index (χ2n) is 5.27. The monoisotopic (exact) mass is 310 g/mol. The van der Waals surface area contributed by atoms with Crippen molar-refractivity contribution in [1.82, 2.24) is 15.2 Å². The Labute approximate surface area is 128 Å². The average molecular weight is 310 g/mol. The number of nitrogens with one attached hydrogen (secondary N) is 2. The Bertz CT molecular complexity index is 990. The molecule has 0 radical (unpaired) electrons. The van der Waals surface area contributed by atoms with Crippen molar-refractivity contribution >= 4 is 23.5 Å². The van der Waals surface area contributed by atoms with Crippen molar-refractivity contribution in [3.8, 4) is 5.69 Å². The predicted octanol–water partition coefficient (Wildman–Crippen LogP) is -0.453. The minimum Gasteiger partial charge on any atom is -0.384 e. The molecule has 8 heteroatoms. The topological polar surface area (TPSA) is 123 Å². The number of rotatable bonds is 1. The third-order valence-corrected chi connectivity index (χ3v) is 3.99. The molecule has 0 unspecified atom stereocenters. The first-order chi connectivity index (χ1) is 11.0. The van der Waals surface area contributed by atoms with Crippen LogP contribution >= 0.6 is 0 Å². The van der Waals surface area contributed by atoms with Gasteiger partial charge in [0.2, 0.25) is 0 Å². The van der Waals surface area contributed by atoms with E-state index in [1.165, 1.54) is 0 Å². The zero-order valence-electron chi connectivity index (χ0n) is 11.7. The summed E-state index contributed by atoms with van der Waals surface area (Å²) in [5.41, 5.74) is 6.66. The summed E-state index contributed by atoms with van der Waals surface area (Å²) in [6.07, 6.45) is 0. The van der Waals surface area contributed by atoms with Crippen molar-refractivity contribution in [2.45, 2.75) is 6.54 Å². The number of carbonyl (C=O) groups is 3. The normalized spacial score (nSPS) is 15.2. The number of hydrogen-bond donors (Lipinski definition) is 3. The Balaban J connectivity index is 2.07. The largest absolute Gasteiger partial charge is 0.384 e. The lowest BCUT2D eigenvalue weighted by Gasteiger charge is -2.14. The number of nitrogen functional groups attached to an aromatic ring is 1. The summed E-state index contributed by atoms with van der Waals surface area (Å²) in [5.74, 6) is -1.79. The van der Waals surface area contributed by atoms with Gasteiger partial charge in [0.1, 0.15) is 5.82 Å². The summed E-state index contributed by atoms with van der Waals surface area (Å²) < 4.78 is 1.08. The summed E-state index contributed by atoms with van der Waals surface area (Å²) in [5, 5.41) is 4.77. The molecule has 0 fully saturated rings. The fourth-order valence-electron chi connectivity index (χ4n) is 2.97. The number of pyridine rings is 1. The molecule has 3 heterocycles. The molecule has 23 heavy (non-hydrogen) atoms. The van der Waals surface area contributed by atoms with E-state index in [-0.39, 0.29) is 28.5 Å². The van der Waals surface area contributed by atoms with Crippen LogP contribution in [0.2, 0.25) is 0 Å². The van der Waals surface area contributed by atoms with E-state index >= 15 is 0 Å².